The van der Waals surface area contributed by atoms with Gasteiger partial charge < -0.3 is 0 Å². The maximum absolute atomic E-state index is 3.65. The Kier molecular flexibility index (Phi) is 3.13. The third-order valence-corrected chi connectivity index (χ3v) is 2.34. The van der Waals surface area contributed by atoms with E-state index < -0.39 is 0 Å². The van der Waals surface area contributed by atoms with E-state index in [0.29, 0.717) is 0 Å². The first-order chi connectivity index (χ1) is 5.77. The second kappa shape index (κ2) is 4.13. The summed E-state index contributed by atoms with van der Waals surface area (Å²) >= 11 is 0. The van der Waals surface area contributed by atoms with E-state index in [9.17, 15) is 0 Å². The van der Waals surface area contributed by atoms with Crippen LogP contribution in [0.5, 0.6) is 0 Å². The van der Waals surface area contributed by atoms with Crippen LogP contribution in [0.25, 0.3) is 0 Å². The van der Waals surface area contributed by atoms with Gasteiger partial charge in [0.15, 0.2) is 0 Å². The average Bonchev–Trinajstić information content (AvgIpc) is 2.17. The smallest absolute Gasteiger partial charge is 0.00284 e. The van der Waals surface area contributed by atoms with Gasteiger partial charge >= 0.3 is 0 Å². The first-order valence-corrected chi connectivity index (χ1v) is 4.54. The van der Waals surface area contributed by atoms with Crippen molar-refractivity contribution in [3.05, 3.63) is 41.2 Å². The lowest BCUT2D eigenvalue weighted by Crippen LogP contribution is -1.92. The molecule has 0 bridgehead atoms. The maximum Gasteiger partial charge on any atom is -0.00284 e. The zero-order valence-electron chi connectivity index (χ0n) is 7.98. The average molecular weight is 160 g/mol. The van der Waals surface area contributed by atoms with Crippen molar-refractivity contribution < 1.29 is 0 Å². The van der Waals surface area contributed by atoms with Gasteiger partial charge in [-0.05, 0) is 37.3 Å². The number of allylic oxidation sites excluding steroid dienone is 5. The number of rotatable bonds is 2. The monoisotopic (exact) mass is 160 g/mol. The molecular weight excluding hydrogens is 144 g/mol. The van der Waals surface area contributed by atoms with Gasteiger partial charge in [-0.25, -0.2) is 0 Å². The van der Waals surface area contributed by atoms with E-state index in [0.717, 1.165) is 0 Å². The van der Waals surface area contributed by atoms with Crippen molar-refractivity contribution in [3.8, 4) is 0 Å². The SMILES string of the molecule is C=C=C(C)C1=CCCC(CC)=C1. The first kappa shape index (κ1) is 9.09. The van der Waals surface area contributed by atoms with E-state index in [1.165, 1.54) is 30.4 Å². The molecule has 0 atom stereocenters. The second-order valence-electron chi connectivity index (χ2n) is 3.16. The zero-order chi connectivity index (χ0) is 8.97. The highest BCUT2D eigenvalue weighted by molar-refractivity contribution is 5.41. The Morgan fingerprint density at radius 1 is 1.67 bits per heavy atom. The quantitative estimate of drug-likeness (QED) is 0.539. The Bertz CT molecular complexity index is 270. The van der Waals surface area contributed by atoms with Crippen LogP contribution in [0.2, 0.25) is 0 Å². The van der Waals surface area contributed by atoms with Crippen molar-refractivity contribution >= 4 is 0 Å². The molecule has 0 saturated carbocycles. The minimum Gasteiger partial charge on any atom is -0.125 e. The van der Waals surface area contributed by atoms with Gasteiger partial charge in [0.1, 0.15) is 0 Å². The molecule has 64 valence electrons. The zero-order valence-corrected chi connectivity index (χ0v) is 7.98. The van der Waals surface area contributed by atoms with Crippen molar-refractivity contribution in [2.24, 2.45) is 0 Å². The fraction of sp³-hybridized carbons (Fsp3) is 0.417. The van der Waals surface area contributed by atoms with Crippen LogP contribution in [0.1, 0.15) is 33.1 Å². The van der Waals surface area contributed by atoms with Crippen molar-refractivity contribution in [1.82, 2.24) is 0 Å². The summed E-state index contributed by atoms with van der Waals surface area (Å²) in [4.78, 5) is 0. The van der Waals surface area contributed by atoms with E-state index in [2.05, 4.69) is 38.3 Å². The molecule has 1 aliphatic carbocycles. The Morgan fingerprint density at radius 2 is 2.42 bits per heavy atom. The molecule has 0 heteroatoms. The molecule has 1 rings (SSSR count). The molecular formula is C12H16. The van der Waals surface area contributed by atoms with Crippen molar-refractivity contribution in [2.75, 3.05) is 0 Å². The van der Waals surface area contributed by atoms with Crippen LogP contribution in [0.3, 0.4) is 0 Å². The minimum absolute atomic E-state index is 1.17. The molecule has 0 aromatic heterocycles. The molecule has 0 saturated heterocycles. The van der Waals surface area contributed by atoms with Crippen molar-refractivity contribution in [2.45, 2.75) is 33.1 Å². The Hall–Kier alpha value is -1.00. The van der Waals surface area contributed by atoms with Crippen LogP contribution in [-0.4, -0.2) is 0 Å². The summed E-state index contributed by atoms with van der Waals surface area (Å²) in [6, 6.07) is 0. The molecule has 0 unspecified atom stereocenters. The van der Waals surface area contributed by atoms with Gasteiger partial charge in [-0.2, -0.15) is 0 Å². The lowest BCUT2D eigenvalue weighted by Gasteiger charge is -2.11. The number of hydrogen-bond acceptors (Lipinski definition) is 0. The van der Waals surface area contributed by atoms with Crippen LogP contribution in [0, 0.1) is 0 Å². The third-order valence-electron chi connectivity index (χ3n) is 2.34. The largest absolute Gasteiger partial charge is 0.125 e. The maximum atomic E-state index is 3.65. The normalized spacial score (nSPS) is 16.2. The molecule has 0 aromatic rings. The van der Waals surface area contributed by atoms with Gasteiger partial charge in [-0.3, -0.25) is 0 Å². The molecule has 0 radical (unpaired) electrons. The van der Waals surface area contributed by atoms with Crippen LogP contribution < -0.4 is 0 Å². The molecule has 0 N–H and O–H groups in total. The van der Waals surface area contributed by atoms with Crippen LogP contribution in [-0.2, 0) is 0 Å². The highest BCUT2D eigenvalue weighted by atomic mass is 14.1. The summed E-state index contributed by atoms with van der Waals surface area (Å²) in [5.41, 5.74) is 6.96. The third kappa shape index (κ3) is 1.99. The standard InChI is InChI=1S/C12H16/c1-4-10(3)12-8-6-7-11(5-2)9-12/h8-9H,1,5-7H2,2-3H3. The summed E-state index contributed by atoms with van der Waals surface area (Å²) < 4.78 is 0. The lowest BCUT2D eigenvalue weighted by molar-refractivity contribution is 0.885. The molecule has 0 spiro atoms. The highest BCUT2D eigenvalue weighted by Gasteiger charge is 2.04. The summed E-state index contributed by atoms with van der Waals surface area (Å²) in [6.07, 6.45) is 8.11. The molecule has 0 fully saturated rings. The van der Waals surface area contributed by atoms with Gasteiger partial charge in [0, 0.05) is 0 Å². The van der Waals surface area contributed by atoms with Crippen LogP contribution >= 0.6 is 0 Å². The molecule has 12 heavy (non-hydrogen) atoms. The van der Waals surface area contributed by atoms with E-state index in [-0.39, 0.29) is 0 Å². The van der Waals surface area contributed by atoms with Gasteiger partial charge in [-0.1, -0.05) is 31.2 Å². The van der Waals surface area contributed by atoms with Gasteiger partial charge in [0.25, 0.3) is 0 Å². The summed E-state index contributed by atoms with van der Waals surface area (Å²) in [5.74, 6) is 0. The molecule has 1 aliphatic rings. The van der Waals surface area contributed by atoms with Gasteiger partial charge in [-0.15, -0.1) is 5.73 Å². The van der Waals surface area contributed by atoms with Gasteiger partial charge in [0.2, 0.25) is 0 Å². The Balaban J connectivity index is 2.87. The summed E-state index contributed by atoms with van der Waals surface area (Å²) in [5, 5.41) is 0. The molecule has 0 aromatic carbocycles. The fourth-order valence-corrected chi connectivity index (χ4v) is 1.41. The molecule has 0 heterocycles. The minimum atomic E-state index is 1.17. The van der Waals surface area contributed by atoms with E-state index in [1.807, 2.05) is 0 Å². The fourth-order valence-electron chi connectivity index (χ4n) is 1.41. The van der Waals surface area contributed by atoms with E-state index in [1.54, 1.807) is 5.57 Å². The predicted molar refractivity (Wildman–Crippen MR) is 54.0 cm³/mol. The Morgan fingerprint density at radius 3 is 3.00 bits per heavy atom. The summed E-state index contributed by atoms with van der Waals surface area (Å²) in [7, 11) is 0. The van der Waals surface area contributed by atoms with E-state index >= 15 is 0 Å². The van der Waals surface area contributed by atoms with E-state index in [4.69, 9.17) is 0 Å². The van der Waals surface area contributed by atoms with Crippen molar-refractivity contribution in [3.63, 3.8) is 0 Å². The summed E-state index contributed by atoms with van der Waals surface area (Å²) in [6.45, 7) is 7.93. The molecule has 0 amide bonds. The highest BCUT2D eigenvalue weighted by Crippen LogP contribution is 2.23. The predicted octanol–water partition coefficient (Wildman–Crippen LogP) is 3.77. The van der Waals surface area contributed by atoms with Crippen LogP contribution in [0.4, 0.5) is 0 Å². The molecule has 0 nitrogen and oxygen atoms in total. The number of hydrogen-bond donors (Lipinski definition) is 0. The van der Waals surface area contributed by atoms with Crippen LogP contribution in [0.15, 0.2) is 41.2 Å². The van der Waals surface area contributed by atoms with Gasteiger partial charge in [0.05, 0.1) is 0 Å². The lowest BCUT2D eigenvalue weighted by atomic mass is 9.94. The topological polar surface area (TPSA) is 0 Å². The van der Waals surface area contributed by atoms with Crippen molar-refractivity contribution in [1.29, 1.82) is 0 Å². The first-order valence-electron chi connectivity index (χ1n) is 4.54. The Labute approximate surface area is 75.0 Å². The second-order valence-corrected chi connectivity index (χ2v) is 3.16. The molecule has 0 aliphatic heterocycles.